The molecule has 0 bridgehead atoms. The molecule has 0 radical (unpaired) electrons. The van der Waals surface area contributed by atoms with Gasteiger partial charge in [0.15, 0.2) is 0 Å². The number of benzene rings is 2. The van der Waals surface area contributed by atoms with Crippen LogP contribution in [0.15, 0.2) is 34.8 Å². The van der Waals surface area contributed by atoms with Gasteiger partial charge in [0.05, 0.1) is 13.2 Å². The first kappa shape index (κ1) is 15.1. The largest absolute Gasteiger partial charge is 0.496 e. The SMILES string of the molecule is COc1cc(C)c(Br)cc1C(N)c1cc(C)ccc1C. The quantitative estimate of drug-likeness (QED) is 0.901. The molecular weight excluding hydrogens is 314 g/mol. The molecule has 0 spiro atoms. The van der Waals surface area contributed by atoms with Gasteiger partial charge in [0.1, 0.15) is 5.75 Å². The summed E-state index contributed by atoms with van der Waals surface area (Å²) in [6, 6.07) is 10.2. The zero-order chi connectivity index (χ0) is 14.9. The minimum Gasteiger partial charge on any atom is -0.496 e. The van der Waals surface area contributed by atoms with Crippen LogP contribution in [0.4, 0.5) is 0 Å². The van der Waals surface area contributed by atoms with Crippen molar-refractivity contribution in [3.05, 3.63) is 62.6 Å². The summed E-state index contributed by atoms with van der Waals surface area (Å²) in [4.78, 5) is 0. The number of halogens is 1. The Morgan fingerprint density at radius 2 is 1.70 bits per heavy atom. The number of rotatable bonds is 3. The van der Waals surface area contributed by atoms with Crippen LogP contribution in [0.2, 0.25) is 0 Å². The summed E-state index contributed by atoms with van der Waals surface area (Å²) >= 11 is 3.57. The van der Waals surface area contributed by atoms with E-state index in [1.54, 1.807) is 7.11 Å². The highest BCUT2D eigenvalue weighted by Gasteiger charge is 2.17. The highest BCUT2D eigenvalue weighted by atomic mass is 79.9. The van der Waals surface area contributed by atoms with Crippen LogP contribution in [0.5, 0.6) is 5.75 Å². The monoisotopic (exact) mass is 333 g/mol. The summed E-state index contributed by atoms with van der Waals surface area (Å²) in [7, 11) is 1.68. The molecule has 1 atom stereocenters. The van der Waals surface area contributed by atoms with Crippen molar-refractivity contribution in [3.63, 3.8) is 0 Å². The van der Waals surface area contributed by atoms with Crippen molar-refractivity contribution in [2.45, 2.75) is 26.8 Å². The fourth-order valence-electron chi connectivity index (χ4n) is 2.35. The van der Waals surface area contributed by atoms with Gasteiger partial charge < -0.3 is 10.5 Å². The lowest BCUT2D eigenvalue weighted by Crippen LogP contribution is -2.15. The van der Waals surface area contributed by atoms with Crippen LogP contribution in [-0.2, 0) is 0 Å². The van der Waals surface area contributed by atoms with E-state index in [1.807, 2.05) is 13.0 Å². The molecule has 20 heavy (non-hydrogen) atoms. The second-order valence-electron chi connectivity index (χ2n) is 5.18. The molecule has 1 unspecified atom stereocenters. The molecular formula is C17H20BrNO. The fraction of sp³-hybridized carbons (Fsp3) is 0.294. The number of ether oxygens (including phenoxy) is 1. The Morgan fingerprint density at radius 1 is 1.00 bits per heavy atom. The molecule has 0 amide bonds. The third kappa shape index (κ3) is 2.89. The van der Waals surface area contributed by atoms with Crippen molar-refractivity contribution in [2.24, 2.45) is 5.73 Å². The van der Waals surface area contributed by atoms with E-state index in [0.29, 0.717) is 0 Å². The van der Waals surface area contributed by atoms with Crippen LogP contribution >= 0.6 is 15.9 Å². The van der Waals surface area contributed by atoms with Gasteiger partial charge in [-0.3, -0.25) is 0 Å². The summed E-state index contributed by atoms with van der Waals surface area (Å²) in [5, 5.41) is 0. The Bertz CT molecular complexity index is 637. The number of methoxy groups -OCH3 is 1. The molecule has 0 heterocycles. The predicted molar refractivity (Wildman–Crippen MR) is 87.4 cm³/mol. The van der Waals surface area contributed by atoms with Crippen LogP contribution in [0.3, 0.4) is 0 Å². The van der Waals surface area contributed by atoms with E-state index in [-0.39, 0.29) is 6.04 Å². The van der Waals surface area contributed by atoms with Crippen LogP contribution in [0.25, 0.3) is 0 Å². The summed E-state index contributed by atoms with van der Waals surface area (Å²) < 4.78 is 6.54. The van der Waals surface area contributed by atoms with Gasteiger partial charge in [0.25, 0.3) is 0 Å². The molecule has 2 nitrogen and oxygen atoms in total. The van der Waals surface area contributed by atoms with E-state index in [2.05, 4.69) is 54.0 Å². The highest BCUT2D eigenvalue weighted by molar-refractivity contribution is 9.10. The maximum atomic E-state index is 6.48. The Morgan fingerprint density at radius 3 is 2.35 bits per heavy atom. The van der Waals surface area contributed by atoms with E-state index in [1.165, 1.54) is 11.1 Å². The van der Waals surface area contributed by atoms with Crippen molar-refractivity contribution < 1.29 is 4.74 Å². The van der Waals surface area contributed by atoms with Crippen LogP contribution in [0.1, 0.15) is 33.9 Å². The third-order valence-electron chi connectivity index (χ3n) is 3.62. The molecule has 2 aromatic carbocycles. The van der Waals surface area contributed by atoms with Gasteiger partial charge in [0.2, 0.25) is 0 Å². The average molecular weight is 334 g/mol. The molecule has 0 aromatic heterocycles. The van der Waals surface area contributed by atoms with Crippen molar-refractivity contribution in [3.8, 4) is 5.75 Å². The fourth-order valence-corrected chi connectivity index (χ4v) is 2.71. The molecule has 0 aliphatic carbocycles. The first-order valence-electron chi connectivity index (χ1n) is 6.60. The van der Waals surface area contributed by atoms with Gasteiger partial charge in [-0.1, -0.05) is 39.7 Å². The lowest BCUT2D eigenvalue weighted by atomic mass is 9.93. The molecule has 0 aliphatic heterocycles. The van der Waals surface area contributed by atoms with E-state index >= 15 is 0 Å². The van der Waals surface area contributed by atoms with Crippen molar-refractivity contribution >= 4 is 15.9 Å². The molecule has 106 valence electrons. The molecule has 2 rings (SSSR count). The maximum Gasteiger partial charge on any atom is 0.124 e. The normalized spacial score (nSPS) is 12.3. The van der Waals surface area contributed by atoms with Gasteiger partial charge in [-0.25, -0.2) is 0 Å². The van der Waals surface area contributed by atoms with E-state index in [9.17, 15) is 0 Å². The first-order valence-corrected chi connectivity index (χ1v) is 7.40. The molecule has 0 fully saturated rings. The van der Waals surface area contributed by atoms with Crippen molar-refractivity contribution in [1.29, 1.82) is 0 Å². The Balaban J connectivity index is 2.55. The van der Waals surface area contributed by atoms with E-state index in [0.717, 1.165) is 26.9 Å². The van der Waals surface area contributed by atoms with E-state index < -0.39 is 0 Å². The highest BCUT2D eigenvalue weighted by Crippen LogP contribution is 2.34. The molecule has 2 N–H and O–H groups in total. The summed E-state index contributed by atoms with van der Waals surface area (Å²) in [5.74, 6) is 0.833. The standard InChI is InChI=1S/C17H20BrNO/c1-10-5-6-11(2)13(7-10)17(19)14-9-15(18)12(3)8-16(14)20-4/h5-9,17H,19H2,1-4H3. The van der Waals surface area contributed by atoms with Crippen LogP contribution in [0, 0.1) is 20.8 Å². The third-order valence-corrected chi connectivity index (χ3v) is 4.47. The number of hydrogen-bond donors (Lipinski definition) is 1. The van der Waals surface area contributed by atoms with Gasteiger partial charge in [-0.2, -0.15) is 0 Å². The zero-order valence-corrected chi connectivity index (χ0v) is 13.9. The maximum absolute atomic E-state index is 6.48. The first-order chi connectivity index (χ1) is 9.43. The average Bonchev–Trinajstić information content (AvgIpc) is 2.43. The smallest absolute Gasteiger partial charge is 0.124 e. The zero-order valence-electron chi connectivity index (χ0n) is 12.3. The summed E-state index contributed by atoms with van der Waals surface area (Å²) in [5.41, 5.74) is 12.2. The topological polar surface area (TPSA) is 35.2 Å². The number of aryl methyl sites for hydroxylation is 3. The van der Waals surface area contributed by atoms with Gasteiger partial charge in [-0.05, 0) is 49.6 Å². The minimum atomic E-state index is -0.193. The molecule has 0 saturated carbocycles. The second-order valence-corrected chi connectivity index (χ2v) is 6.04. The van der Waals surface area contributed by atoms with Gasteiger partial charge in [-0.15, -0.1) is 0 Å². The molecule has 0 saturated heterocycles. The second kappa shape index (κ2) is 5.98. The van der Waals surface area contributed by atoms with E-state index in [4.69, 9.17) is 10.5 Å². The lowest BCUT2D eigenvalue weighted by Gasteiger charge is -2.20. The molecule has 2 aromatic rings. The van der Waals surface area contributed by atoms with Crippen LogP contribution < -0.4 is 10.5 Å². The number of hydrogen-bond acceptors (Lipinski definition) is 2. The summed E-state index contributed by atoms with van der Waals surface area (Å²) in [6.07, 6.45) is 0. The summed E-state index contributed by atoms with van der Waals surface area (Å²) in [6.45, 7) is 6.21. The molecule has 0 aliphatic rings. The Kier molecular flexibility index (Phi) is 4.51. The van der Waals surface area contributed by atoms with Crippen molar-refractivity contribution in [1.82, 2.24) is 0 Å². The lowest BCUT2D eigenvalue weighted by molar-refractivity contribution is 0.407. The van der Waals surface area contributed by atoms with Crippen molar-refractivity contribution in [2.75, 3.05) is 7.11 Å². The minimum absolute atomic E-state index is 0.193. The number of nitrogens with two attached hydrogens (primary N) is 1. The Labute approximate surface area is 129 Å². The molecule has 3 heteroatoms. The van der Waals surface area contributed by atoms with Crippen LogP contribution in [-0.4, -0.2) is 7.11 Å². The predicted octanol–water partition coefficient (Wildman–Crippen LogP) is 4.43. The van der Waals surface area contributed by atoms with Gasteiger partial charge in [0, 0.05) is 10.0 Å². The Hall–Kier alpha value is -1.32. The van der Waals surface area contributed by atoms with Gasteiger partial charge >= 0.3 is 0 Å².